The Kier molecular flexibility index (Phi) is 5.25. The number of likely N-dealkylation sites (tertiary alicyclic amines) is 1. The van der Waals surface area contributed by atoms with Crippen molar-refractivity contribution in [3.63, 3.8) is 0 Å². The number of hydrogen-bond acceptors (Lipinski definition) is 3. The zero-order valence-electron chi connectivity index (χ0n) is 16.2. The van der Waals surface area contributed by atoms with E-state index in [1.165, 1.54) is 17.5 Å². The fourth-order valence-electron chi connectivity index (χ4n) is 5.83. The van der Waals surface area contributed by atoms with Gasteiger partial charge in [0.05, 0.1) is 6.10 Å². The fourth-order valence-corrected chi connectivity index (χ4v) is 5.83. The largest absolute Gasteiger partial charge is 0.508 e. The van der Waals surface area contributed by atoms with Crippen molar-refractivity contribution in [2.75, 3.05) is 13.1 Å². The van der Waals surface area contributed by atoms with Gasteiger partial charge < -0.3 is 10.2 Å². The molecule has 4 atom stereocenters. The first-order valence-corrected chi connectivity index (χ1v) is 10.4. The molecule has 1 saturated carbocycles. The minimum Gasteiger partial charge on any atom is -0.508 e. The first-order valence-electron chi connectivity index (χ1n) is 10.4. The number of rotatable bonds is 5. The van der Waals surface area contributed by atoms with Crippen molar-refractivity contribution in [1.29, 1.82) is 0 Å². The molecule has 2 N–H and O–H groups in total. The molecule has 2 aromatic rings. The molecule has 1 aliphatic heterocycles. The van der Waals surface area contributed by atoms with Crippen LogP contribution in [0.1, 0.15) is 43.7 Å². The Balaban J connectivity index is 1.59. The summed E-state index contributed by atoms with van der Waals surface area (Å²) in [5, 5.41) is 20.8. The van der Waals surface area contributed by atoms with Gasteiger partial charge in [-0.15, -0.1) is 0 Å². The summed E-state index contributed by atoms with van der Waals surface area (Å²) in [5.74, 6) is 0.553. The number of hydrogen-bond donors (Lipinski definition) is 2. The topological polar surface area (TPSA) is 43.7 Å². The Labute approximate surface area is 162 Å². The summed E-state index contributed by atoms with van der Waals surface area (Å²) < 4.78 is 0. The van der Waals surface area contributed by atoms with Gasteiger partial charge in [0, 0.05) is 23.9 Å². The lowest BCUT2D eigenvalue weighted by atomic mass is 9.55. The van der Waals surface area contributed by atoms with Crippen molar-refractivity contribution in [3.8, 4) is 5.75 Å². The molecule has 0 unspecified atom stereocenters. The standard InChI is InChI=1S/C24H31NO2/c1-18(26)23-22-11-6-13-24(23,20-9-5-10-21(27)17-20)14-16-25(22)15-12-19-7-3-2-4-8-19/h2-5,7-10,17-18,22-23,26-27H,6,11-16H2,1H3/t18-,22+,23+,24+/m1/s1. The van der Waals surface area contributed by atoms with Crippen LogP contribution in [0.25, 0.3) is 0 Å². The molecule has 2 aromatic carbocycles. The van der Waals surface area contributed by atoms with Crippen LogP contribution in [0.15, 0.2) is 54.6 Å². The van der Waals surface area contributed by atoms with Gasteiger partial charge in [-0.1, -0.05) is 48.9 Å². The average Bonchev–Trinajstić information content (AvgIpc) is 2.67. The van der Waals surface area contributed by atoms with Gasteiger partial charge in [0.2, 0.25) is 0 Å². The van der Waals surface area contributed by atoms with E-state index in [0.29, 0.717) is 11.8 Å². The van der Waals surface area contributed by atoms with Crippen LogP contribution in [0, 0.1) is 5.92 Å². The third kappa shape index (κ3) is 3.51. The lowest BCUT2D eigenvalue weighted by Gasteiger charge is -2.57. The van der Waals surface area contributed by atoms with Crippen molar-refractivity contribution in [1.82, 2.24) is 4.90 Å². The first-order chi connectivity index (χ1) is 13.1. The third-order valence-corrected chi connectivity index (χ3v) is 6.96. The highest BCUT2D eigenvalue weighted by Gasteiger charge is 2.53. The summed E-state index contributed by atoms with van der Waals surface area (Å²) in [5.41, 5.74) is 2.58. The Hall–Kier alpha value is -1.84. The quantitative estimate of drug-likeness (QED) is 0.837. The molecular formula is C24H31NO2. The van der Waals surface area contributed by atoms with Crippen LogP contribution in [0.3, 0.4) is 0 Å². The number of nitrogens with zero attached hydrogens (tertiary/aromatic N) is 1. The number of phenolic OH excluding ortho intramolecular Hbond substituents is 1. The summed E-state index contributed by atoms with van der Waals surface area (Å²) in [7, 11) is 0. The maximum absolute atomic E-state index is 10.8. The van der Waals surface area contributed by atoms with E-state index >= 15 is 0 Å². The number of piperidine rings is 1. The van der Waals surface area contributed by atoms with Gasteiger partial charge in [-0.05, 0) is 62.4 Å². The summed E-state index contributed by atoms with van der Waals surface area (Å²) in [6.45, 7) is 4.08. The molecule has 27 heavy (non-hydrogen) atoms. The van der Waals surface area contributed by atoms with Crippen molar-refractivity contribution < 1.29 is 10.2 Å². The normalized spacial score (nSPS) is 29.4. The zero-order chi connectivity index (χ0) is 18.9. The van der Waals surface area contributed by atoms with Crippen molar-refractivity contribution in [2.45, 2.75) is 56.6 Å². The van der Waals surface area contributed by atoms with Gasteiger partial charge in [0.1, 0.15) is 5.75 Å². The Morgan fingerprint density at radius 1 is 1.11 bits per heavy atom. The van der Waals surface area contributed by atoms with Gasteiger partial charge in [-0.25, -0.2) is 0 Å². The molecule has 0 spiro atoms. The fraction of sp³-hybridized carbons (Fsp3) is 0.500. The van der Waals surface area contributed by atoms with Crippen LogP contribution in [0.4, 0.5) is 0 Å². The maximum Gasteiger partial charge on any atom is 0.115 e. The van der Waals surface area contributed by atoms with E-state index in [1.807, 2.05) is 19.1 Å². The molecule has 1 aliphatic carbocycles. The van der Waals surface area contributed by atoms with Crippen LogP contribution < -0.4 is 0 Å². The highest BCUT2D eigenvalue weighted by atomic mass is 16.3. The molecule has 0 aromatic heterocycles. The number of benzene rings is 2. The molecule has 2 fully saturated rings. The second-order valence-electron chi connectivity index (χ2n) is 8.45. The zero-order valence-corrected chi connectivity index (χ0v) is 16.2. The van der Waals surface area contributed by atoms with Gasteiger partial charge in [-0.3, -0.25) is 4.90 Å². The van der Waals surface area contributed by atoms with Crippen LogP contribution >= 0.6 is 0 Å². The smallest absolute Gasteiger partial charge is 0.115 e. The van der Waals surface area contributed by atoms with E-state index in [1.54, 1.807) is 6.07 Å². The van der Waals surface area contributed by atoms with Gasteiger partial charge in [0.25, 0.3) is 0 Å². The number of fused-ring (bicyclic) bond motifs is 2. The van der Waals surface area contributed by atoms with Crippen LogP contribution in [0.5, 0.6) is 5.75 Å². The second kappa shape index (κ2) is 7.65. The van der Waals surface area contributed by atoms with E-state index in [2.05, 4.69) is 41.3 Å². The van der Waals surface area contributed by atoms with Crippen molar-refractivity contribution in [3.05, 3.63) is 65.7 Å². The third-order valence-electron chi connectivity index (χ3n) is 6.96. The highest BCUT2D eigenvalue weighted by Crippen LogP contribution is 2.52. The molecule has 2 aliphatic rings. The summed E-state index contributed by atoms with van der Waals surface area (Å²) in [6.07, 6.45) is 5.21. The molecule has 1 saturated heterocycles. The minimum atomic E-state index is -0.350. The monoisotopic (exact) mass is 365 g/mol. The summed E-state index contributed by atoms with van der Waals surface area (Å²) in [6, 6.07) is 18.9. The average molecular weight is 366 g/mol. The lowest BCUT2D eigenvalue weighted by molar-refractivity contribution is -0.0678. The van der Waals surface area contributed by atoms with Crippen LogP contribution in [-0.2, 0) is 11.8 Å². The van der Waals surface area contributed by atoms with Crippen molar-refractivity contribution >= 4 is 0 Å². The Bertz CT molecular complexity index is 760. The molecule has 2 bridgehead atoms. The van der Waals surface area contributed by atoms with E-state index in [4.69, 9.17) is 0 Å². The molecule has 0 amide bonds. The predicted molar refractivity (Wildman–Crippen MR) is 109 cm³/mol. The maximum atomic E-state index is 10.8. The second-order valence-corrected chi connectivity index (χ2v) is 8.45. The number of phenols is 1. The van der Waals surface area contributed by atoms with Gasteiger partial charge in [-0.2, -0.15) is 0 Å². The molecule has 1 heterocycles. The van der Waals surface area contributed by atoms with Gasteiger partial charge >= 0.3 is 0 Å². The van der Waals surface area contributed by atoms with E-state index in [0.717, 1.165) is 38.8 Å². The predicted octanol–water partition coefficient (Wildman–Crippen LogP) is 4.13. The molecule has 144 valence electrons. The Morgan fingerprint density at radius 3 is 2.67 bits per heavy atom. The first kappa shape index (κ1) is 18.5. The lowest BCUT2D eigenvalue weighted by Crippen LogP contribution is -2.61. The molecular weight excluding hydrogens is 334 g/mol. The van der Waals surface area contributed by atoms with E-state index in [-0.39, 0.29) is 17.4 Å². The number of aliphatic hydroxyl groups excluding tert-OH is 1. The SMILES string of the molecule is C[C@@H](O)[C@H]1[C@@H]2CCC[C@@]1(c1cccc(O)c1)CCN2CCc1ccccc1. The Morgan fingerprint density at radius 2 is 1.93 bits per heavy atom. The number of aliphatic hydroxyl groups is 1. The molecule has 0 radical (unpaired) electrons. The summed E-state index contributed by atoms with van der Waals surface area (Å²) >= 11 is 0. The van der Waals surface area contributed by atoms with E-state index in [9.17, 15) is 10.2 Å². The van der Waals surface area contributed by atoms with Crippen molar-refractivity contribution in [2.24, 2.45) is 5.92 Å². The van der Waals surface area contributed by atoms with Gasteiger partial charge in [0.15, 0.2) is 0 Å². The summed E-state index contributed by atoms with van der Waals surface area (Å²) in [4.78, 5) is 2.62. The molecule has 4 rings (SSSR count). The minimum absolute atomic E-state index is 0.0148. The van der Waals surface area contributed by atoms with E-state index < -0.39 is 0 Å². The highest BCUT2D eigenvalue weighted by molar-refractivity contribution is 5.36. The number of aromatic hydroxyl groups is 1. The molecule has 3 heteroatoms. The van der Waals surface area contributed by atoms with Crippen LogP contribution in [-0.4, -0.2) is 40.3 Å². The molecule has 3 nitrogen and oxygen atoms in total. The van der Waals surface area contributed by atoms with Crippen LogP contribution in [0.2, 0.25) is 0 Å².